The van der Waals surface area contributed by atoms with E-state index in [1.165, 1.54) is 6.42 Å². The molecule has 1 fully saturated rings. The van der Waals surface area contributed by atoms with E-state index < -0.39 is 0 Å². The Morgan fingerprint density at radius 2 is 1.74 bits per heavy atom. The lowest BCUT2D eigenvalue weighted by molar-refractivity contribution is -0.122. The molecule has 1 aliphatic carbocycles. The summed E-state index contributed by atoms with van der Waals surface area (Å²) in [7, 11) is 0. The van der Waals surface area contributed by atoms with E-state index in [-0.39, 0.29) is 11.8 Å². The first-order valence-corrected chi connectivity index (χ1v) is 9.23. The number of guanidine groups is 1. The molecule has 0 spiro atoms. The Bertz CT molecular complexity index is 351. The summed E-state index contributed by atoms with van der Waals surface area (Å²) in [6.45, 7) is 12.9. The van der Waals surface area contributed by atoms with Gasteiger partial charge < -0.3 is 20.9 Å². The Labute approximate surface area is 141 Å². The lowest BCUT2D eigenvalue weighted by atomic mass is 10.3. The third-order valence-electron chi connectivity index (χ3n) is 4.06. The Morgan fingerprint density at radius 1 is 1.04 bits per heavy atom. The van der Waals surface area contributed by atoms with Crippen molar-refractivity contribution in [3.05, 3.63) is 0 Å². The lowest BCUT2D eigenvalue weighted by Crippen LogP contribution is -2.41. The first kappa shape index (κ1) is 19.7. The summed E-state index contributed by atoms with van der Waals surface area (Å²) < 4.78 is 0. The van der Waals surface area contributed by atoms with E-state index in [4.69, 9.17) is 0 Å². The van der Waals surface area contributed by atoms with Crippen molar-refractivity contribution in [3.63, 3.8) is 0 Å². The van der Waals surface area contributed by atoms with Gasteiger partial charge in [-0.2, -0.15) is 0 Å². The monoisotopic (exact) mass is 325 g/mol. The molecule has 134 valence electrons. The minimum absolute atomic E-state index is 0.199. The molecule has 6 nitrogen and oxygen atoms in total. The summed E-state index contributed by atoms with van der Waals surface area (Å²) >= 11 is 0. The van der Waals surface area contributed by atoms with Crippen molar-refractivity contribution >= 4 is 11.9 Å². The smallest absolute Gasteiger partial charge is 0.223 e. The van der Waals surface area contributed by atoms with Crippen LogP contribution in [0, 0.1) is 5.92 Å². The molecule has 0 aromatic heterocycles. The zero-order chi connectivity index (χ0) is 16.9. The quantitative estimate of drug-likeness (QED) is 0.286. The van der Waals surface area contributed by atoms with Crippen molar-refractivity contribution in [2.24, 2.45) is 10.9 Å². The van der Waals surface area contributed by atoms with Gasteiger partial charge in [0.05, 0.1) is 0 Å². The molecule has 0 radical (unpaired) electrons. The van der Waals surface area contributed by atoms with E-state index in [9.17, 15) is 4.79 Å². The van der Waals surface area contributed by atoms with Gasteiger partial charge in [0.15, 0.2) is 5.96 Å². The van der Waals surface area contributed by atoms with Crippen LogP contribution in [0.5, 0.6) is 0 Å². The molecule has 0 aliphatic heterocycles. The second-order valence-electron chi connectivity index (χ2n) is 5.99. The third-order valence-corrected chi connectivity index (χ3v) is 4.06. The number of carbonyl (C=O) groups excluding carboxylic acids is 1. The Balaban J connectivity index is 2.12. The molecule has 0 atom stereocenters. The first-order valence-electron chi connectivity index (χ1n) is 9.23. The summed E-state index contributed by atoms with van der Waals surface area (Å²) in [5.41, 5.74) is 0. The number of unbranched alkanes of at least 4 members (excludes halogenated alkanes) is 1. The van der Waals surface area contributed by atoms with Crippen molar-refractivity contribution in [3.8, 4) is 0 Å². The van der Waals surface area contributed by atoms with Gasteiger partial charge in [-0.25, -0.2) is 0 Å². The van der Waals surface area contributed by atoms with Gasteiger partial charge in [-0.15, -0.1) is 0 Å². The van der Waals surface area contributed by atoms with Gasteiger partial charge in [0, 0.05) is 32.1 Å². The first-order chi connectivity index (χ1) is 11.2. The Morgan fingerprint density at radius 3 is 2.35 bits per heavy atom. The predicted molar refractivity (Wildman–Crippen MR) is 96.7 cm³/mol. The summed E-state index contributed by atoms with van der Waals surface area (Å²) in [6, 6.07) is 0. The van der Waals surface area contributed by atoms with E-state index in [1.54, 1.807) is 0 Å². The number of nitrogens with one attached hydrogen (secondary N) is 3. The van der Waals surface area contributed by atoms with Crippen LogP contribution in [0.4, 0.5) is 0 Å². The molecule has 1 aliphatic rings. The largest absolute Gasteiger partial charge is 0.357 e. The maximum Gasteiger partial charge on any atom is 0.223 e. The number of hydrogen-bond acceptors (Lipinski definition) is 3. The van der Waals surface area contributed by atoms with Gasteiger partial charge in [-0.05, 0) is 52.2 Å². The zero-order valence-electron chi connectivity index (χ0n) is 15.2. The third kappa shape index (κ3) is 9.43. The molecule has 1 rings (SSSR count). The second kappa shape index (κ2) is 12.2. The highest BCUT2D eigenvalue weighted by Gasteiger charge is 2.28. The van der Waals surface area contributed by atoms with Crippen LogP contribution in [-0.2, 0) is 4.79 Å². The van der Waals surface area contributed by atoms with Gasteiger partial charge in [-0.3, -0.25) is 9.79 Å². The van der Waals surface area contributed by atoms with Gasteiger partial charge >= 0.3 is 0 Å². The normalized spacial score (nSPS) is 14.9. The number of nitrogens with zero attached hydrogens (tertiary/aromatic N) is 2. The number of aliphatic imine (C=N–C) groups is 1. The summed E-state index contributed by atoms with van der Waals surface area (Å²) in [6.07, 6.45) is 4.39. The molecular formula is C17H35N5O. The van der Waals surface area contributed by atoms with Crippen LogP contribution >= 0.6 is 0 Å². The molecule has 23 heavy (non-hydrogen) atoms. The molecule has 0 saturated heterocycles. The standard InChI is InChI=1S/C17H35N5O/c1-4-18-17(20-11-7-8-14-22(5-2)6-3)21-13-12-19-16(23)15-9-10-15/h15H,4-14H2,1-3H3,(H,19,23)(H2,18,20,21). The SMILES string of the molecule is CCNC(=NCCCCN(CC)CC)NCCNC(=O)C1CC1. The number of rotatable bonds is 12. The van der Waals surface area contributed by atoms with Gasteiger partial charge in [0.2, 0.25) is 5.91 Å². The molecule has 0 heterocycles. The zero-order valence-corrected chi connectivity index (χ0v) is 15.2. The van der Waals surface area contributed by atoms with Crippen LogP contribution in [0.15, 0.2) is 4.99 Å². The van der Waals surface area contributed by atoms with Crippen LogP contribution in [0.1, 0.15) is 46.5 Å². The van der Waals surface area contributed by atoms with Crippen LogP contribution in [0.25, 0.3) is 0 Å². The molecule has 0 bridgehead atoms. The molecule has 0 aromatic carbocycles. The molecule has 0 unspecified atom stereocenters. The fourth-order valence-electron chi connectivity index (χ4n) is 2.38. The predicted octanol–water partition coefficient (Wildman–Crippen LogP) is 1.19. The molecule has 1 amide bonds. The van der Waals surface area contributed by atoms with Gasteiger partial charge in [0.1, 0.15) is 0 Å². The lowest BCUT2D eigenvalue weighted by Gasteiger charge is -2.17. The second-order valence-corrected chi connectivity index (χ2v) is 5.99. The van der Waals surface area contributed by atoms with Crippen LogP contribution < -0.4 is 16.0 Å². The van der Waals surface area contributed by atoms with Crippen molar-refractivity contribution < 1.29 is 4.79 Å². The number of carbonyl (C=O) groups is 1. The molecule has 1 saturated carbocycles. The summed E-state index contributed by atoms with van der Waals surface area (Å²) in [5, 5.41) is 9.47. The highest BCUT2D eigenvalue weighted by Crippen LogP contribution is 2.28. The van der Waals surface area contributed by atoms with Gasteiger partial charge in [0.25, 0.3) is 0 Å². The molecular weight excluding hydrogens is 290 g/mol. The summed E-state index contributed by atoms with van der Waals surface area (Å²) in [5.74, 6) is 1.32. The highest BCUT2D eigenvalue weighted by atomic mass is 16.2. The molecule has 6 heteroatoms. The van der Waals surface area contributed by atoms with E-state index >= 15 is 0 Å². The van der Waals surface area contributed by atoms with E-state index in [0.29, 0.717) is 13.1 Å². The molecule has 0 aromatic rings. The Kier molecular flexibility index (Phi) is 10.4. The maximum atomic E-state index is 11.5. The van der Waals surface area contributed by atoms with Crippen molar-refractivity contribution in [2.75, 3.05) is 45.8 Å². The minimum atomic E-state index is 0.199. The van der Waals surface area contributed by atoms with Crippen molar-refractivity contribution in [2.45, 2.75) is 46.5 Å². The minimum Gasteiger partial charge on any atom is -0.357 e. The van der Waals surface area contributed by atoms with E-state index in [1.807, 2.05) is 0 Å². The van der Waals surface area contributed by atoms with E-state index in [2.05, 4.69) is 46.6 Å². The molecule has 3 N–H and O–H groups in total. The fourth-order valence-corrected chi connectivity index (χ4v) is 2.38. The summed E-state index contributed by atoms with van der Waals surface area (Å²) in [4.78, 5) is 18.6. The van der Waals surface area contributed by atoms with Crippen LogP contribution in [0.2, 0.25) is 0 Å². The number of hydrogen-bond donors (Lipinski definition) is 3. The topological polar surface area (TPSA) is 68.8 Å². The van der Waals surface area contributed by atoms with Crippen LogP contribution in [-0.4, -0.2) is 62.6 Å². The van der Waals surface area contributed by atoms with Crippen molar-refractivity contribution in [1.29, 1.82) is 0 Å². The maximum absolute atomic E-state index is 11.5. The average molecular weight is 326 g/mol. The average Bonchev–Trinajstić information content (AvgIpc) is 3.39. The Hall–Kier alpha value is -1.30. The fraction of sp³-hybridized carbons (Fsp3) is 0.882. The van der Waals surface area contributed by atoms with Gasteiger partial charge in [-0.1, -0.05) is 13.8 Å². The van der Waals surface area contributed by atoms with Crippen LogP contribution in [0.3, 0.4) is 0 Å². The van der Waals surface area contributed by atoms with E-state index in [0.717, 1.165) is 57.9 Å². The number of amides is 1. The van der Waals surface area contributed by atoms with Crippen molar-refractivity contribution in [1.82, 2.24) is 20.9 Å². The highest BCUT2D eigenvalue weighted by molar-refractivity contribution is 5.81.